The number of carbonyl (C=O) groups is 1. The van der Waals surface area contributed by atoms with Crippen LogP contribution in [0.5, 0.6) is 0 Å². The molecule has 0 bridgehead atoms. The van der Waals surface area contributed by atoms with Crippen LogP contribution in [0.25, 0.3) is 0 Å². The van der Waals surface area contributed by atoms with Gasteiger partial charge in [-0.05, 0) is 59.5 Å². The van der Waals surface area contributed by atoms with Crippen LogP contribution in [0.1, 0.15) is 40.5 Å². The van der Waals surface area contributed by atoms with Crippen molar-refractivity contribution in [2.24, 2.45) is 5.92 Å². The Bertz CT molecular complexity index is 356. The van der Waals surface area contributed by atoms with Gasteiger partial charge >= 0.3 is 0 Å². The number of hydrogen-bond acceptors (Lipinski definition) is 4. The fraction of sp³-hybridized carbons (Fsp3) is 0.944. The monoisotopic (exact) mass is 324 g/mol. The molecule has 1 N–H and O–H groups in total. The van der Waals surface area contributed by atoms with Crippen molar-refractivity contribution in [3.8, 4) is 0 Å². The first-order valence-corrected chi connectivity index (χ1v) is 9.42. The molecule has 0 aromatic rings. The zero-order chi connectivity index (χ0) is 16.8. The molecule has 5 heteroatoms. The molecule has 2 heterocycles. The maximum Gasteiger partial charge on any atom is 0.234 e. The van der Waals surface area contributed by atoms with Gasteiger partial charge in [0.2, 0.25) is 5.91 Å². The van der Waals surface area contributed by atoms with E-state index in [-0.39, 0.29) is 11.9 Å². The highest BCUT2D eigenvalue weighted by Gasteiger charge is 2.25. The zero-order valence-corrected chi connectivity index (χ0v) is 15.6. The van der Waals surface area contributed by atoms with Gasteiger partial charge in [-0.25, -0.2) is 0 Å². The lowest BCUT2D eigenvalue weighted by Gasteiger charge is -2.39. The van der Waals surface area contributed by atoms with Gasteiger partial charge in [-0.2, -0.15) is 0 Å². The molecule has 2 fully saturated rings. The number of amides is 1. The first-order chi connectivity index (χ1) is 10.9. The summed E-state index contributed by atoms with van der Waals surface area (Å²) in [5.74, 6) is 1.02. The molecule has 0 saturated carbocycles. The third kappa shape index (κ3) is 6.40. The number of carbonyl (C=O) groups excluding carboxylic acids is 1. The van der Waals surface area contributed by atoms with Crippen LogP contribution >= 0.6 is 0 Å². The molecule has 1 amide bonds. The summed E-state index contributed by atoms with van der Waals surface area (Å²) in [4.78, 5) is 19.3. The first kappa shape index (κ1) is 18.7. The van der Waals surface area contributed by atoms with Gasteiger partial charge in [0.15, 0.2) is 0 Å². The molecule has 0 aromatic heterocycles. The third-order valence-corrected chi connectivity index (χ3v) is 5.18. The number of rotatable bonds is 6. The van der Waals surface area contributed by atoms with E-state index in [0.29, 0.717) is 12.6 Å². The molecule has 2 aliphatic rings. The van der Waals surface area contributed by atoms with Crippen molar-refractivity contribution >= 4 is 5.91 Å². The summed E-state index contributed by atoms with van der Waals surface area (Å²) in [6.07, 6.45) is 2.68. The number of likely N-dealkylation sites (tertiary alicyclic amines) is 1. The molecule has 0 radical (unpaired) electrons. The first-order valence-electron chi connectivity index (χ1n) is 9.42. The van der Waals surface area contributed by atoms with Crippen molar-refractivity contribution in [3.63, 3.8) is 0 Å². The summed E-state index contributed by atoms with van der Waals surface area (Å²) in [6, 6.07) is 0.928. The Balaban J connectivity index is 1.63. The lowest BCUT2D eigenvalue weighted by molar-refractivity contribution is -0.123. The molecule has 2 rings (SSSR count). The Hall–Kier alpha value is -0.650. The third-order valence-electron chi connectivity index (χ3n) is 5.18. The van der Waals surface area contributed by atoms with Gasteiger partial charge < -0.3 is 15.1 Å². The Morgan fingerprint density at radius 1 is 0.957 bits per heavy atom. The van der Waals surface area contributed by atoms with E-state index in [4.69, 9.17) is 0 Å². The van der Waals surface area contributed by atoms with Crippen LogP contribution in [0.4, 0.5) is 0 Å². The fourth-order valence-electron chi connectivity index (χ4n) is 3.72. The van der Waals surface area contributed by atoms with Crippen LogP contribution < -0.4 is 5.32 Å². The zero-order valence-electron chi connectivity index (χ0n) is 15.6. The minimum atomic E-state index is 0.162. The van der Waals surface area contributed by atoms with Gasteiger partial charge in [0, 0.05) is 44.8 Å². The average Bonchev–Trinajstić information content (AvgIpc) is 2.49. The molecular weight excluding hydrogens is 288 g/mol. The number of piperazine rings is 1. The molecule has 0 unspecified atom stereocenters. The molecule has 0 aliphatic carbocycles. The highest BCUT2D eigenvalue weighted by molar-refractivity contribution is 5.78. The predicted molar refractivity (Wildman–Crippen MR) is 95.6 cm³/mol. The van der Waals surface area contributed by atoms with Gasteiger partial charge in [0.1, 0.15) is 0 Å². The lowest BCUT2D eigenvalue weighted by Crippen LogP contribution is -2.51. The van der Waals surface area contributed by atoms with Crippen LogP contribution in [-0.4, -0.2) is 85.0 Å². The second-order valence-electron chi connectivity index (χ2n) is 7.87. The van der Waals surface area contributed by atoms with Crippen LogP contribution in [0, 0.1) is 5.92 Å². The van der Waals surface area contributed by atoms with E-state index in [2.05, 4.69) is 33.9 Å². The van der Waals surface area contributed by atoms with E-state index >= 15 is 0 Å². The number of hydrogen-bond donors (Lipinski definition) is 1. The Kier molecular flexibility index (Phi) is 7.31. The summed E-state index contributed by atoms with van der Waals surface area (Å²) < 4.78 is 0. The Labute approximate surface area is 142 Å². The summed E-state index contributed by atoms with van der Waals surface area (Å²) in [5.41, 5.74) is 0. The van der Waals surface area contributed by atoms with Crippen molar-refractivity contribution in [2.75, 3.05) is 52.4 Å². The molecule has 0 atom stereocenters. The molecule has 5 nitrogen and oxygen atoms in total. The quantitative estimate of drug-likeness (QED) is 0.798. The summed E-state index contributed by atoms with van der Waals surface area (Å²) in [5, 5.41) is 2.98. The van der Waals surface area contributed by atoms with E-state index in [1.807, 2.05) is 13.8 Å². The van der Waals surface area contributed by atoms with E-state index < -0.39 is 0 Å². The van der Waals surface area contributed by atoms with Crippen molar-refractivity contribution < 1.29 is 4.79 Å². The fourth-order valence-corrected chi connectivity index (χ4v) is 3.72. The maximum atomic E-state index is 11.8. The van der Waals surface area contributed by atoms with E-state index in [0.717, 1.165) is 32.1 Å². The summed E-state index contributed by atoms with van der Waals surface area (Å²) in [6.45, 7) is 17.2. The molecule has 0 spiro atoms. The van der Waals surface area contributed by atoms with E-state index in [1.165, 1.54) is 32.5 Å². The molecule has 2 saturated heterocycles. The molecule has 134 valence electrons. The second kappa shape index (κ2) is 9.00. The van der Waals surface area contributed by atoms with Gasteiger partial charge in [-0.3, -0.25) is 9.69 Å². The Morgan fingerprint density at radius 2 is 1.52 bits per heavy atom. The van der Waals surface area contributed by atoms with E-state index in [9.17, 15) is 4.79 Å². The van der Waals surface area contributed by atoms with Crippen molar-refractivity contribution in [3.05, 3.63) is 0 Å². The molecule has 23 heavy (non-hydrogen) atoms. The van der Waals surface area contributed by atoms with Crippen molar-refractivity contribution in [1.82, 2.24) is 20.0 Å². The number of piperidine rings is 1. The Morgan fingerprint density at radius 3 is 2.04 bits per heavy atom. The highest BCUT2D eigenvalue weighted by Crippen LogP contribution is 2.20. The minimum Gasteiger partial charge on any atom is -0.353 e. The van der Waals surface area contributed by atoms with Crippen LogP contribution in [0.3, 0.4) is 0 Å². The normalized spacial score (nSPS) is 22.9. The van der Waals surface area contributed by atoms with Gasteiger partial charge in [0.05, 0.1) is 6.54 Å². The average molecular weight is 325 g/mol. The van der Waals surface area contributed by atoms with E-state index in [1.54, 1.807) is 0 Å². The minimum absolute atomic E-state index is 0.162. The summed E-state index contributed by atoms with van der Waals surface area (Å²) in [7, 11) is 0. The lowest BCUT2D eigenvalue weighted by atomic mass is 9.95. The predicted octanol–water partition coefficient (Wildman–Crippen LogP) is 1.25. The van der Waals surface area contributed by atoms with Crippen molar-refractivity contribution in [2.45, 2.75) is 52.6 Å². The van der Waals surface area contributed by atoms with Crippen molar-refractivity contribution in [1.29, 1.82) is 0 Å². The number of nitrogens with one attached hydrogen (secondary N) is 1. The SMILES string of the molecule is CC(C)NC(=O)CN1CCN(CC2CCN(C(C)C)CC2)CC1. The largest absolute Gasteiger partial charge is 0.353 e. The molecule has 2 aliphatic heterocycles. The number of nitrogens with zero attached hydrogens (tertiary/aromatic N) is 3. The summed E-state index contributed by atoms with van der Waals surface area (Å²) >= 11 is 0. The standard InChI is InChI=1S/C18H36N4O/c1-15(2)19-18(23)14-21-11-9-20(10-12-21)13-17-5-7-22(8-6-17)16(3)4/h15-17H,5-14H2,1-4H3,(H,19,23). The topological polar surface area (TPSA) is 38.8 Å². The molecular formula is C18H36N4O. The smallest absolute Gasteiger partial charge is 0.234 e. The maximum absolute atomic E-state index is 11.8. The van der Waals surface area contributed by atoms with Gasteiger partial charge in [-0.15, -0.1) is 0 Å². The highest BCUT2D eigenvalue weighted by atomic mass is 16.2. The van der Waals surface area contributed by atoms with Crippen LogP contribution in [0.2, 0.25) is 0 Å². The second-order valence-corrected chi connectivity index (χ2v) is 7.87. The molecule has 0 aromatic carbocycles. The van der Waals surface area contributed by atoms with Gasteiger partial charge in [0.25, 0.3) is 0 Å². The van der Waals surface area contributed by atoms with Crippen LogP contribution in [0.15, 0.2) is 0 Å². The van der Waals surface area contributed by atoms with Gasteiger partial charge in [-0.1, -0.05) is 0 Å². The van der Waals surface area contributed by atoms with Crippen LogP contribution in [-0.2, 0) is 4.79 Å².